The molecule has 0 unspecified atom stereocenters. The Morgan fingerprint density at radius 1 is 1.33 bits per heavy atom. The average molecular weight is 242 g/mol. The van der Waals surface area contributed by atoms with Crippen molar-refractivity contribution in [1.29, 1.82) is 0 Å². The topological polar surface area (TPSA) is 103 Å². The van der Waals surface area contributed by atoms with Gasteiger partial charge < -0.3 is 15.5 Å². The van der Waals surface area contributed by atoms with Gasteiger partial charge in [0.1, 0.15) is 23.4 Å². The van der Waals surface area contributed by atoms with Crippen molar-refractivity contribution >= 4 is 17.0 Å². The van der Waals surface area contributed by atoms with E-state index in [9.17, 15) is 0 Å². The Bertz CT molecular complexity index is 708. The molecule has 0 amide bonds. The van der Waals surface area contributed by atoms with Gasteiger partial charge in [0.05, 0.1) is 18.9 Å². The molecule has 0 fully saturated rings. The molecule has 0 atom stereocenters. The standard InChI is InChI=1S/C11H10N6O/c1-18-7-4-13-3-2-6(7)10-16-8-9(12)14-5-15-11(8)17-10/h2-5H,1H3,(H3,12,14,15,16,17). The Morgan fingerprint density at radius 3 is 3.00 bits per heavy atom. The summed E-state index contributed by atoms with van der Waals surface area (Å²) >= 11 is 0. The normalized spacial score (nSPS) is 10.7. The highest BCUT2D eigenvalue weighted by atomic mass is 16.5. The minimum absolute atomic E-state index is 0.367. The molecule has 90 valence electrons. The molecule has 0 saturated carbocycles. The number of nitrogens with one attached hydrogen (secondary N) is 1. The summed E-state index contributed by atoms with van der Waals surface area (Å²) in [5.74, 6) is 1.62. The fourth-order valence-electron chi connectivity index (χ4n) is 1.71. The molecule has 3 N–H and O–H groups in total. The van der Waals surface area contributed by atoms with Gasteiger partial charge in [-0.3, -0.25) is 4.98 Å². The van der Waals surface area contributed by atoms with Crippen LogP contribution in [-0.2, 0) is 0 Å². The lowest BCUT2D eigenvalue weighted by Crippen LogP contribution is -1.92. The van der Waals surface area contributed by atoms with Crippen LogP contribution >= 0.6 is 0 Å². The first-order valence-corrected chi connectivity index (χ1v) is 5.24. The molecule has 0 aliphatic carbocycles. The Morgan fingerprint density at radius 2 is 2.22 bits per heavy atom. The minimum atomic E-state index is 0.367. The number of aromatic amines is 1. The van der Waals surface area contributed by atoms with Crippen molar-refractivity contribution in [2.45, 2.75) is 0 Å². The number of hydrogen-bond acceptors (Lipinski definition) is 6. The summed E-state index contributed by atoms with van der Waals surface area (Å²) in [6.45, 7) is 0. The fourth-order valence-corrected chi connectivity index (χ4v) is 1.71. The number of rotatable bonds is 2. The monoisotopic (exact) mass is 242 g/mol. The molecule has 0 saturated heterocycles. The van der Waals surface area contributed by atoms with Gasteiger partial charge in [-0.15, -0.1) is 0 Å². The van der Waals surface area contributed by atoms with Crippen LogP contribution in [-0.4, -0.2) is 32.0 Å². The van der Waals surface area contributed by atoms with Gasteiger partial charge in [0, 0.05) is 6.20 Å². The van der Waals surface area contributed by atoms with E-state index in [4.69, 9.17) is 10.5 Å². The van der Waals surface area contributed by atoms with Crippen molar-refractivity contribution in [3.05, 3.63) is 24.8 Å². The first-order valence-electron chi connectivity index (χ1n) is 5.24. The third kappa shape index (κ3) is 1.53. The Hall–Kier alpha value is -2.70. The third-order valence-corrected chi connectivity index (χ3v) is 2.58. The zero-order chi connectivity index (χ0) is 12.5. The molecular formula is C11H10N6O. The second-order valence-electron chi connectivity index (χ2n) is 3.62. The second-order valence-corrected chi connectivity index (χ2v) is 3.62. The quantitative estimate of drug-likeness (QED) is 0.695. The maximum Gasteiger partial charge on any atom is 0.183 e. The summed E-state index contributed by atoms with van der Waals surface area (Å²) in [6.07, 6.45) is 4.67. The third-order valence-electron chi connectivity index (χ3n) is 2.58. The summed E-state index contributed by atoms with van der Waals surface area (Å²) in [5, 5.41) is 0. The van der Waals surface area contributed by atoms with Crippen molar-refractivity contribution < 1.29 is 4.74 Å². The van der Waals surface area contributed by atoms with E-state index in [0.29, 0.717) is 28.6 Å². The maximum atomic E-state index is 5.75. The van der Waals surface area contributed by atoms with Gasteiger partial charge in [0.15, 0.2) is 11.5 Å². The van der Waals surface area contributed by atoms with E-state index in [1.54, 1.807) is 25.6 Å². The van der Waals surface area contributed by atoms with Crippen LogP contribution in [0.3, 0.4) is 0 Å². The van der Waals surface area contributed by atoms with E-state index in [0.717, 1.165) is 5.56 Å². The molecule has 7 heteroatoms. The lowest BCUT2D eigenvalue weighted by molar-refractivity contribution is 0.414. The lowest BCUT2D eigenvalue weighted by Gasteiger charge is -2.03. The highest BCUT2D eigenvalue weighted by Crippen LogP contribution is 2.28. The summed E-state index contributed by atoms with van der Waals surface area (Å²) < 4.78 is 5.24. The average Bonchev–Trinajstić information content (AvgIpc) is 2.84. The number of fused-ring (bicyclic) bond motifs is 1. The number of ether oxygens (including phenoxy) is 1. The van der Waals surface area contributed by atoms with Crippen LogP contribution in [0.15, 0.2) is 24.8 Å². The van der Waals surface area contributed by atoms with E-state index in [1.807, 2.05) is 0 Å². The zero-order valence-electron chi connectivity index (χ0n) is 9.58. The van der Waals surface area contributed by atoms with Gasteiger partial charge in [-0.05, 0) is 6.07 Å². The van der Waals surface area contributed by atoms with Crippen LogP contribution in [0, 0.1) is 0 Å². The van der Waals surface area contributed by atoms with Crippen molar-refractivity contribution in [3.8, 4) is 17.1 Å². The van der Waals surface area contributed by atoms with E-state index in [-0.39, 0.29) is 0 Å². The predicted octanol–water partition coefficient (Wildman–Crippen LogP) is 1.01. The molecule has 0 aliphatic heterocycles. The van der Waals surface area contributed by atoms with Crippen LogP contribution in [0.4, 0.5) is 5.82 Å². The first kappa shape index (κ1) is 10.5. The SMILES string of the molecule is COc1cnccc1-c1nc2ncnc(N)c2[nH]1. The molecule has 3 heterocycles. The van der Waals surface area contributed by atoms with Crippen molar-refractivity contribution in [2.24, 2.45) is 0 Å². The van der Waals surface area contributed by atoms with Crippen LogP contribution < -0.4 is 10.5 Å². The summed E-state index contributed by atoms with van der Waals surface area (Å²) in [7, 11) is 1.58. The smallest absolute Gasteiger partial charge is 0.183 e. The molecule has 0 radical (unpaired) electrons. The number of pyridine rings is 1. The number of imidazole rings is 1. The van der Waals surface area contributed by atoms with Crippen molar-refractivity contribution in [2.75, 3.05) is 12.8 Å². The first-order chi connectivity index (χ1) is 8.79. The number of anilines is 1. The van der Waals surface area contributed by atoms with Gasteiger partial charge >= 0.3 is 0 Å². The Kier molecular flexibility index (Phi) is 2.30. The Labute approximate surface area is 102 Å². The zero-order valence-corrected chi connectivity index (χ0v) is 9.58. The van der Waals surface area contributed by atoms with E-state index >= 15 is 0 Å². The highest BCUT2D eigenvalue weighted by molar-refractivity contribution is 5.84. The molecule has 7 nitrogen and oxygen atoms in total. The van der Waals surface area contributed by atoms with Crippen LogP contribution in [0.25, 0.3) is 22.6 Å². The number of aromatic nitrogens is 5. The molecular weight excluding hydrogens is 232 g/mol. The van der Waals surface area contributed by atoms with Crippen LogP contribution in [0.2, 0.25) is 0 Å². The summed E-state index contributed by atoms with van der Waals surface area (Å²) in [5.41, 5.74) is 7.69. The number of H-pyrrole nitrogens is 1. The van der Waals surface area contributed by atoms with Gasteiger partial charge in [0.25, 0.3) is 0 Å². The fraction of sp³-hybridized carbons (Fsp3) is 0.0909. The maximum absolute atomic E-state index is 5.75. The molecule has 3 aromatic heterocycles. The van der Waals surface area contributed by atoms with Gasteiger partial charge in [-0.1, -0.05) is 0 Å². The molecule has 3 rings (SSSR count). The minimum Gasteiger partial charge on any atom is -0.494 e. The molecule has 0 bridgehead atoms. The van der Waals surface area contributed by atoms with Gasteiger partial charge in [-0.2, -0.15) is 0 Å². The summed E-state index contributed by atoms with van der Waals surface area (Å²) in [6, 6.07) is 1.81. The predicted molar refractivity (Wildman–Crippen MR) is 65.9 cm³/mol. The number of hydrogen-bond donors (Lipinski definition) is 2. The molecule has 0 aliphatic rings. The Balaban J connectivity index is 2.23. The van der Waals surface area contributed by atoms with Crippen molar-refractivity contribution in [1.82, 2.24) is 24.9 Å². The van der Waals surface area contributed by atoms with Gasteiger partial charge in [0.2, 0.25) is 0 Å². The van der Waals surface area contributed by atoms with Crippen LogP contribution in [0.5, 0.6) is 5.75 Å². The largest absolute Gasteiger partial charge is 0.494 e. The molecule has 0 aromatic carbocycles. The molecule has 0 spiro atoms. The highest BCUT2D eigenvalue weighted by Gasteiger charge is 2.12. The van der Waals surface area contributed by atoms with E-state index in [1.165, 1.54) is 6.33 Å². The number of nitrogens with zero attached hydrogens (tertiary/aromatic N) is 4. The lowest BCUT2D eigenvalue weighted by atomic mass is 10.2. The number of nitrogen functional groups attached to an aromatic ring is 1. The number of methoxy groups -OCH3 is 1. The van der Waals surface area contributed by atoms with Gasteiger partial charge in [-0.25, -0.2) is 15.0 Å². The second kappa shape index (κ2) is 3.95. The van der Waals surface area contributed by atoms with E-state index < -0.39 is 0 Å². The number of nitrogens with two attached hydrogens (primary N) is 1. The van der Waals surface area contributed by atoms with Crippen LogP contribution in [0.1, 0.15) is 0 Å². The molecule has 3 aromatic rings. The van der Waals surface area contributed by atoms with Crippen molar-refractivity contribution in [3.63, 3.8) is 0 Å². The molecule has 18 heavy (non-hydrogen) atoms. The van der Waals surface area contributed by atoms with E-state index in [2.05, 4.69) is 24.9 Å². The summed E-state index contributed by atoms with van der Waals surface area (Å²) in [4.78, 5) is 19.4.